The summed E-state index contributed by atoms with van der Waals surface area (Å²) in [7, 11) is 4.02. The predicted molar refractivity (Wildman–Crippen MR) is 490 cm³/mol. The Morgan fingerprint density at radius 3 is 1.65 bits per heavy atom. The molecule has 4 aliphatic heterocycles. The SMILES string of the molecule is CCCC[C@H]1C(=O)N(C)[C@@H](CCCC)C(=O)N[C@@H](CC(C)C)C(=O)N(C)[C@H](C(N)=O)CSCC(=O)N[C@@H](Cc2ccc(F)cc2)C(=O)N2CCCC[C@H]2C(=O)N[C@@H](CC(=O)O)C(=O)N2CCC[C@H]2C(=O)N[C@@H](CN)C(=O)N[C@@H](CC(C)C)C(=O)N2C[C@H](O)C[C@H]2C(=O)N[C@@H](Cc2c[nH]c3ccccc23)C(=O)N[C@@H](CCN)C(=O)N[C@@H](Cc2cn(CC(=O)O)c3ccccc23)C(=O)N1C. The number of thioether (sulfide) groups is 1. The first kappa shape index (κ1) is 105. The number of aliphatic carboxylic acids is 2. The molecule has 2 aromatic heterocycles. The van der Waals surface area contributed by atoms with Gasteiger partial charge in [-0.05, 0) is 124 Å². The first-order valence-electron chi connectivity index (χ1n) is 45.7. The lowest BCUT2D eigenvalue weighted by atomic mass is 9.97. The monoisotopic (exact) mass is 1870 g/mol. The minimum absolute atomic E-state index is 0.000401. The van der Waals surface area contributed by atoms with Crippen LogP contribution in [0.5, 0.6) is 0 Å². The van der Waals surface area contributed by atoms with Gasteiger partial charge in [0.1, 0.15) is 96.9 Å². The van der Waals surface area contributed by atoms with Crippen LogP contribution >= 0.6 is 11.8 Å². The van der Waals surface area contributed by atoms with Crippen molar-refractivity contribution in [2.45, 2.75) is 261 Å². The molecule has 0 bridgehead atoms. The molecule has 15 atom stereocenters. The van der Waals surface area contributed by atoms with Gasteiger partial charge in [0, 0.05) is 113 Å². The summed E-state index contributed by atoms with van der Waals surface area (Å²) in [6.45, 7) is 8.70. The number of para-hydroxylation sites is 2. The fraction of sp³-hybridized carbons (Fsp3) is 0.576. The fourth-order valence-corrected chi connectivity index (χ4v) is 18.8. The van der Waals surface area contributed by atoms with Crippen LogP contribution in [0.1, 0.15) is 161 Å². The van der Waals surface area contributed by atoms with E-state index in [1.165, 1.54) is 53.8 Å². The summed E-state index contributed by atoms with van der Waals surface area (Å²) in [6, 6.07) is -2.33. The van der Waals surface area contributed by atoms with Gasteiger partial charge in [-0.3, -0.25) is 81.5 Å². The van der Waals surface area contributed by atoms with Crippen LogP contribution in [0.4, 0.5) is 4.39 Å². The van der Waals surface area contributed by atoms with Crippen LogP contribution in [-0.4, -0.2) is 311 Å². The molecule has 0 unspecified atom stereocenters. The van der Waals surface area contributed by atoms with E-state index in [4.69, 9.17) is 17.2 Å². The Balaban J connectivity index is 1.10. The third kappa shape index (κ3) is 27.8. The number of carbonyl (C=O) groups excluding carboxylic acids is 15. The highest BCUT2D eigenvalue weighted by Gasteiger charge is 2.48. The summed E-state index contributed by atoms with van der Waals surface area (Å²) in [4.78, 5) is 260. The second kappa shape index (κ2) is 49.0. The molecule has 0 aliphatic carbocycles. The van der Waals surface area contributed by atoms with Crippen LogP contribution in [0.15, 0.2) is 85.2 Å². The maximum Gasteiger partial charge on any atom is 0.323 e. The molecule has 18 N–H and O–H groups in total. The molecule has 133 heavy (non-hydrogen) atoms. The zero-order valence-electron chi connectivity index (χ0n) is 76.9. The van der Waals surface area contributed by atoms with Crippen LogP contribution in [0.25, 0.3) is 21.8 Å². The molecule has 39 nitrogen and oxygen atoms in total. The summed E-state index contributed by atoms with van der Waals surface area (Å²) in [5, 5.41) is 54.7. The number of piperidine rings is 1. The maximum atomic E-state index is 16.0. The third-order valence-electron chi connectivity index (χ3n) is 24.9. The van der Waals surface area contributed by atoms with Crippen molar-refractivity contribution in [3.63, 3.8) is 0 Å². The highest BCUT2D eigenvalue weighted by Crippen LogP contribution is 2.30. The Bertz CT molecular complexity index is 5010. The number of rotatable bonds is 24. The average molecular weight is 1870 g/mol. The molecule has 726 valence electrons. The number of nitrogens with zero attached hydrogens (tertiary/aromatic N) is 7. The minimum Gasteiger partial charge on any atom is -0.481 e. The number of fused-ring (bicyclic) bond motifs is 5. The van der Waals surface area contributed by atoms with E-state index in [-0.39, 0.29) is 114 Å². The number of carboxylic acids is 2. The van der Waals surface area contributed by atoms with Crippen LogP contribution < -0.4 is 59.7 Å². The third-order valence-corrected chi connectivity index (χ3v) is 25.9. The lowest BCUT2D eigenvalue weighted by Gasteiger charge is -2.38. The number of hydrogen-bond acceptors (Lipinski definition) is 21. The Kier molecular flexibility index (Phi) is 38.6. The molecule has 0 saturated carbocycles. The summed E-state index contributed by atoms with van der Waals surface area (Å²) < 4.78 is 15.9. The molecular weight excluding hydrogens is 1740 g/mol. The molecule has 4 fully saturated rings. The number of aliphatic hydroxyl groups is 1. The number of unbranched alkanes of at least 4 members (excludes halogenated alkanes) is 2. The fourth-order valence-electron chi connectivity index (χ4n) is 17.8. The zero-order valence-corrected chi connectivity index (χ0v) is 77.7. The maximum absolute atomic E-state index is 16.0. The van der Waals surface area contributed by atoms with Crippen molar-refractivity contribution >= 4 is 134 Å². The van der Waals surface area contributed by atoms with E-state index in [0.29, 0.717) is 77.0 Å². The number of nitrogens with two attached hydrogens (primary N) is 3. The molecular formula is C92H130FN19O20S. The normalized spacial score (nSPS) is 25.7. The molecule has 3 aromatic carbocycles. The van der Waals surface area contributed by atoms with Gasteiger partial charge in [-0.1, -0.05) is 116 Å². The molecule has 0 spiro atoms. The quantitative estimate of drug-likeness (QED) is 0.0401. The molecule has 5 aromatic rings. The number of aliphatic hydroxyl groups excluding tert-OH is 1. The summed E-state index contributed by atoms with van der Waals surface area (Å²) in [6.07, 6.45) is 1.65. The minimum atomic E-state index is -1.86. The number of likely N-dealkylation sites (N-methyl/N-ethyl adjacent to an activating group) is 3. The van der Waals surface area contributed by atoms with Crippen LogP contribution in [0.2, 0.25) is 0 Å². The number of hydrogen-bond donors (Lipinski definition) is 15. The number of nitrogens with one attached hydrogen (secondary N) is 9. The smallest absolute Gasteiger partial charge is 0.323 e. The number of aromatic amines is 1. The lowest BCUT2D eigenvalue weighted by molar-refractivity contribution is -0.150. The first-order valence-corrected chi connectivity index (χ1v) is 46.8. The van der Waals surface area contributed by atoms with E-state index < -0.39 is 229 Å². The summed E-state index contributed by atoms with van der Waals surface area (Å²) >= 11 is 0.846. The Hall–Kier alpha value is -12.1. The van der Waals surface area contributed by atoms with Gasteiger partial charge >= 0.3 is 11.9 Å². The van der Waals surface area contributed by atoms with Gasteiger partial charge in [-0.25, -0.2) is 4.39 Å². The van der Waals surface area contributed by atoms with Crippen molar-refractivity contribution in [3.8, 4) is 0 Å². The van der Waals surface area contributed by atoms with E-state index in [9.17, 15) is 58.1 Å². The highest BCUT2D eigenvalue weighted by atomic mass is 32.2. The molecule has 15 amide bonds. The largest absolute Gasteiger partial charge is 0.481 e. The van der Waals surface area contributed by atoms with Crippen LogP contribution in [-0.2, 0) is 107 Å². The number of benzene rings is 3. The van der Waals surface area contributed by atoms with Crippen molar-refractivity contribution in [2.24, 2.45) is 29.0 Å². The summed E-state index contributed by atoms with van der Waals surface area (Å²) in [5.74, 6) is -18.3. The van der Waals surface area contributed by atoms with E-state index in [1.807, 2.05) is 13.8 Å². The van der Waals surface area contributed by atoms with Gasteiger partial charge in [0.15, 0.2) is 0 Å². The van der Waals surface area contributed by atoms with Crippen LogP contribution in [0.3, 0.4) is 0 Å². The van der Waals surface area contributed by atoms with Gasteiger partial charge in [0.05, 0.1) is 18.3 Å². The van der Waals surface area contributed by atoms with Crippen molar-refractivity contribution in [3.05, 3.63) is 108 Å². The molecule has 4 aliphatic rings. The lowest BCUT2D eigenvalue weighted by Crippen LogP contribution is -2.62. The second-order valence-electron chi connectivity index (χ2n) is 35.7. The first-order chi connectivity index (χ1) is 63.3. The van der Waals surface area contributed by atoms with E-state index >= 15 is 43.2 Å². The molecule has 0 radical (unpaired) electrons. The van der Waals surface area contributed by atoms with Crippen molar-refractivity contribution in [2.75, 3.05) is 65.4 Å². The zero-order chi connectivity index (χ0) is 97.4. The van der Waals surface area contributed by atoms with Gasteiger partial charge in [-0.2, -0.15) is 0 Å². The van der Waals surface area contributed by atoms with Crippen molar-refractivity contribution in [1.82, 2.24) is 81.5 Å². The number of halogens is 1. The second-order valence-corrected chi connectivity index (χ2v) is 36.8. The van der Waals surface area contributed by atoms with Crippen LogP contribution in [0, 0.1) is 17.7 Å². The highest BCUT2D eigenvalue weighted by molar-refractivity contribution is 8.00. The Labute approximate surface area is 775 Å². The Morgan fingerprint density at radius 1 is 0.511 bits per heavy atom. The standard InChI is InChI=1S/C92H130FN19O20S/c1-10-12-24-70-83(123)103-63(37-51(3)4)87(127)108(9)75(79(96)119)49-133-50-76(114)98-65(39-53-29-31-56(93)32-30-53)89(129)110-35-19-18-27-71(110)84(124)104-67(43-77(115)116)90(130)111-36-20-28-72(111)85(125)105-68(44-95)82(122)101-64(38-52(5)6)91(131)112-47-57(113)42-74(112)86(126)100-62(40-54-45-97-60-23-16-14-21-58(54)60)81(121)99-61(33-34-94)80(120)102-66(88(128)107(8)73(25-13-11-2)92(132)106(70)7)41-55-46-109(48-78(117)118)69-26-17-15-22-59(55)69/h14-17,21-23,26,29-32,45-46,51-52,57,61-68,70-75,97,113H,10-13,18-20,24-25,27-28,33-44,47-50,94-95H2,1-9H3,(H2,96,119)(H,98,114)(H,99,121)(H,100,126)(H,101,122)(H,102,120)(H,103,123)(H,104,124)(H,105,125)(H,115,116)(H,117,118)/t57-,61+,62+,63+,64+,65+,66+,67+,68+,70+,71+,72+,73+,74+,75+/m1/s1. The number of carboxylic acid groups (broad SMARTS) is 2. The number of H-pyrrole nitrogens is 1. The molecule has 9 rings (SSSR count). The molecule has 6 heterocycles. The average Bonchev–Trinajstić information content (AvgIpc) is 1.62. The van der Waals surface area contributed by atoms with E-state index in [1.54, 1.807) is 82.4 Å². The van der Waals surface area contributed by atoms with E-state index in [2.05, 4.69) is 47.5 Å². The van der Waals surface area contributed by atoms with Gasteiger partial charge < -0.3 is 114 Å². The number of aromatic nitrogens is 2. The molecule has 41 heteroatoms. The molecule has 4 saturated heterocycles. The predicted octanol–water partition coefficient (Wildman–Crippen LogP) is 0.554. The Morgan fingerprint density at radius 2 is 1.02 bits per heavy atom. The van der Waals surface area contributed by atoms with Gasteiger partial charge in [-0.15, -0.1) is 11.8 Å². The number of primary amides is 1. The summed E-state index contributed by atoms with van der Waals surface area (Å²) in [5.41, 5.74) is 20.9. The van der Waals surface area contributed by atoms with Crippen molar-refractivity contribution < 1.29 is 101 Å². The number of carbonyl (C=O) groups is 17. The van der Waals surface area contributed by atoms with Gasteiger partial charge in [0.25, 0.3) is 0 Å². The van der Waals surface area contributed by atoms with Gasteiger partial charge in [0.2, 0.25) is 88.6 Å². The van der Waals surface area contributed by atoms with E-state index in [0.717, 1.165) is 43.5 Å². The number of amides is 15. The topological polar surface area (TPSA) is 565 Å². The van der Waals surface area contributed by atoms with Crippen molar-refractivity contribution in [1.29, 1.82) is 0 Å².